The third-order valence-corrected chi connectivity index (χ3v) is 12.4. The van der Waals surface area contributed by atoms with Gasteiger partial charge in [-0.05, 0) is 49.3 Å². The van der Waals surface area contributed by atoms with E-state index in [0.717, 1.165) is 45.4 Å². The lowest BCUT2D eigenvalue weighted by Crippen LogP contribution is -2.51. The van der Waals surface area contributed by atoms with Crippen molar-refractivity contribution in [3.63, 3.8) is 0 Å². The molecule has 2 aliphatic rings. The summed E-state index contributed by atoms with van der Waals surface area (Å²) in [5.41, 5.74) is 6.09. The first-order chi connectivity index (χ1) is 29.1. The predicted molar refractivity (Wildman–Crippen MR) is 224 cm³/mol. The number of aromatic amines is 3. The number of nitrogens with one attached hydrogen (secondary N) is 5. The zero-order valence-electron chi connectivity index (χ0n) is 33.4. The molecule has 2 saturated heterocycles. The summed E-state index contributed by atoms with van der Waals surface area (Å²) in [5, 5.41) is 28.0. The van der Waals surface area contributed by atoms with E-state index in [1.165, 1.54) is 18.4 Å². The van der Waals surface area contributed by atoms with Crippen molar-refractivity contribution in [1.29, 1.82) is 0 Å². The molecule has 4 aromatic heterocycles. The number of aliphatic hydroxyl groups excluding tert-OH is 1. The van der Waals surface area contributed by atoms with Crippen LogP contribution in [0.3, 0.4) is 0 Å². The van der Waals surface area contributed by atoms with Gasteiger partial charge in [0, 0.05) is 46.9 Å². The van der Waals surface area contributed by atoms with Crippen molar-refractivity contribution in [2.75, 3.05) is 26.8 Å². The van der Waals surface area contributed by atoms with Crippen LogP contribution in [0.2, 0.25) is 0 Å². The van der Waals surface area contributed by atoms with Gasteiger partial charge in [0.15, 0.2) is 0 Å². The van der Waals surface area contributed by atoms with Crippen LogP contribution in [0.4, 0.5) is 4.79 Å². The first-order valence-corrected chi connectivity index (χ1v) is 20.9. The Bertz CT molecular complexity index is 2520. The smallest absolute Gasteiger partial charge is 0.407 e. The van der Waals surface area contributed by atoms with E-state index in [0.29, 0.717) is 54.4 Å². The Hall–Kier alpha value is -6.46. The number of aromatic hydroxyl groups is 1. The summed E-state index contributed by atoms with van der Waals surface area (Å²) in [5.74, 6) is 0.133. The van der Waals surface area contributed by atoms with Crippen molar-refractivity contribution < 1.29 is 34.1 Å². The summed E-state index contributed by atoms with van der Waals surface area (Å²) in [6, 6.07) is 12.3. The average Bonchev–Trinajstić information content (AvgIpc) is 4.11. The second-order valence-electron chi connectivity index (χ2n) is 15.5. The largest absolute Gasteiger partial charge is 0.507 e. The van der Waals surface area contributed by atoms with Gasteiger partial charge in [-0.25, -0.2) is 14.8 Å². The third-order valence-electron chi connectivity index (χ3n) is 11.4. The monoisotopic (exact) mass is 833 g/mol. The van der Waals surface area contributed by atoms with Gasteiger partial charge in [-0.2, -0.15) is 0 Å². The minimum absolute atomic E-state index is 0.0851. The lowest BCUT2D eigenvalue weighted by molar-refractivity contribution is -0.139. The highest BCUT2D eigenvalue weighted by Crippen LogP contribution is 2.43. The Morgan fingerprint density at radius 2 is 1.55 bits per heavy atom. The number of imidazole rings is 2. The van der Waals surface area contributed by atoms with E-state index >= 15 is 0 Å². The number of phenols is 1. The van der Waals surface area contributed by atoms with E-state index in [1.807, 2.05) is 55.8 Å². The lowest BCUT2D eigenvalue weighted by Gasteiger charge is -2.30. The molecule has 0 spiro atoms. The minimum atomic E-state index is -0.913. The Balaban J connectivity index is 0.987. The van der Waals surface area contributed by atoms with Crippen LogP contribution in [-0.2, 0) is 19.1 Å². The number of likely N-dealkylation sites (tertiary alicyclic amines) is 2. The van der Waals surface area contributed by atoms with Crippen LogP contribution in [0.25, 0.3) is 43.9 Å². The molecule has 2 fully saturated rings. The second-order valence-corrected chi connectivity index (χ2v) is 16.3. The molecule has 2 aliphatic heterocycles. The molecule has 6 heterocycles. The maximum Gasteiger partial charge on any atom is 0.407 e. The molecule has 8 rings (SSSR count). The van der Waals surface area contributed by atoms with Gasteiger partial charge in [0.25, 0.3) is 5.91 Å². The van der Waals surface area contributed by atoms with E-state index in [9.17, 15) is 29.4 Å². The molecule has 4 amide bonds. The number of hydrogen-bond donors (Lipinski definition) is 7. The van der Waals surface area contributed by atoms with Crippen molar-refractivity contribution in [2.24, 2.45) is 5.92 Å². The Kier molecular flexibility index (Phi) is 11.4. The molecule has 2 aromatic carbocycles. The van der Waals surface area contributed by atoms with Gasteiger partial charge >= 0.3 is 6.09 Å². The van der Waals surface area contributed by atoms with Gasteiger partial charge in [0.1, 0.15) is 36.1 Å². The van der Waals surface area contributed by atoms with Gasteiger partial charge in [0.05, 0.1) is 53.2 Å². The highest BCUT2D eigenvalue weighted by atomic mass is 32.1. The number of ether oxygens (including phenoxy) is 1. The van der Waals surface area contributed by atoms with Crippen LogP contribution in [0, 0.1) is 5.92 Å². The molecule has 6 aromatic rings. The fourth-order valence-corrected chi connectivity index (χ4v) is 9.41. The number of H-pyrrole nitrogens is 3. The second kappa shape index (κ2) is 17.0. The molecule has 0 aliphatic carbocycles. The summed E-state index contributed by atoms with van der Waals surface area (Å²) < 4.78 is 5.80. The topological polar surface area (TPSA) is 222 Å². The van der Waals surface area contributed by atoms with E-state index in [-0.39, 0.29) is 35.6 Å². The molecular formula is C43H47N9O7S. The van der Waals surface area contributed by atoms with Gasteiger partial charge in [0.2, 0.25) is 11.8 Å². The number of aromatic nitrogens is 5. The predicted octanol–water partition coefficient (Wildman–Crippen LogP) is 5.94. The zero-order chi connectivity index (χ0) is 42.1. The summed E-state index contributed by atoms with van der Waals surface area (Å²) in [7, 11) is 1.27. The van der Waals surface area contributed by atoms with Crippen molar-refractivity contribution in [2.45, 2.75) is 63.7 Å². The number of rotatable bonds is 12. The molecule has 60 heavy (non-hydrogen) atoms. The van der Waals surface area contributed by atoms with Crippen molar-refractivity contribution in [3.05, 3.63) is 89.7 Å². The number of thiophene rings is 1. The lowest BCUT2D eigenvalue weighted by atomic mass is 10.0. The van der Waals surface area contributed by atoms with E-state index in [1.54, 1.807) is 40.4 Å². The van der Waals surface area contributed by atoms with Crippen LogP contribution < -0.4 is 10.6 Å². The minimum Gasteiger partial charge on any atom is -0.507 e. The number of benzene rings is 2. The molecule has 0 radical (unpaired) electrons. The molecule has 4 atom stereocenters. The Morgan fingerprint density at radius 3 is 2.20 bits per heavy atom. The van der Waals surface area contributed by atoms with E-state index in [4.69, 9.17) is 9.72 Å². The molecule has 0 saturated carbocycles. The average molecular weight is 834 g/mol. The van der Waals surface area contributed by atoms with Crippen LogP contribution in [0.1, 0.15) is 74.9 Å². The van der Waals surface area contributed by atoms with Crippen LogP contribution >= 0.6 is 11.3 Å². The fourth-order valence-electron chi connectivity index (χ4n) is 8.35. The van der Waals surface area contributed by atoms with E-state index in [2.05, 4.69) is 30.6 Å². The number of carbonyl (C=O) groups excluding carboxylic acids is 4. The van der Waals surface area contributed by atoms with Crippen LogP contribution in [0.5, 0.6) is 5.75 Å². The highest BCUT2D eigenvalue weighted by molar-refractivity contribution is 7.18. The molecule has 312 valence electrons. The summed E-state index contributed by atoms with van der Waals surface area (Å²) >= 11 is 1.54. The van der Waals surface area contributed by atoms with Gasteiger partial charge in [-0.1, -0.05) is 50.2 Å². The summed E-state index contributed by atoms with van der Waals surface area (Å²) in [4.78, 5) is 74.8. The number of hydrogen-bond acceptors (Lipinski definition) is 10. The number of amides is 4. The van der Waals surface area contributed by atoms with Crippen molar-refractivity contribution in [3.8, 4) is 39.4 Å². The molecule has 16 nitrogen and oxygen atoms in total. The van der Waals surface area contributed by atoms with Gasteiger partial charge in [-0.3, -0.25) is 14.4 Å². The first-order valence-electron chi connectivity index (χ1n) is 20.0. The van der Waals surface area contributed by atoms with Gasteiger partial charge in [-0.15, -0.1) is 11.3 Å². The normalized spacial score (nSPS) is 17.6. The molecule has 0 bridgehead atoms. The SMILES string of the molecule is COC(=O)N[C@@H](C(=O)N1CCCC1c1ncc(-c2c[nH]c3c(-c4ccc(-c5cnc(C6CCCN6C(=O)[C@@H](NC(=O)CO)C(C)C)[nH]5)cc4O)csc23)[nH]1)c1ccccc1. The van der Waals surface area contributed by atoms with E-state index < -0.39 is 30.7 Å². The quantitative estimate of drug-likeness (QED) is 0.0775. The van der Waals surface area contributed by atoms with Crippen LogP contribution in [-0.4, -0.2) is 102 Å². The number of methoxy groups -OCH3 is 1. The number of fused-ring (bicyclic) bond motifs is 1. The van der Waals surface area contributed by atoms with Gasteiger partial charge < -0.3 is 50.3 Å². The maximum absolute atomic E-state index is 14.0. The Labute approximate surface area is 349 Å². The third kappa shape index (κ3) is 7.73. The summed E-state index contributed by atoms with van der Waals surface area (Å²) in [6.07, 6.45) is 7.66. The standard InChI is InChI=1S/C43H47N9O7S/c1-23(2)35(49-34(55)21-53)41(56)51-15-7-11-31(51)39-45-19-29(47-39)25-13-14-26(33(54)17-25)28-22-60-38-27(18-44-37(28)38)30-20-46-40(48-30)32-12-8-16-52(32)42(57)36(50-43(58)59-3)24-9-5-4-6-10-24/h4-6,9-10,13-14,17-20,22-23,31-32,35-36,44,53-54H,7-8,11-12,15-16,21H2,1-3H3,(H,45,47)(H,46,48)(H,49,55)(H,50,58)/t31?,32?,35-,36+/m0/s1. The maximum atomic E-state index is 14.0. The molecular weight excluding hydrogens is 787 g/mol. The molecule has 17 heteroatoms. The molecule has 2 unspecified atom stereocenters. The number of phenolic OH excluding ortho intramolecular Hbond substituents is 1. The number of aliphatic hydroxyl groups is 1. The number of alkyl carbamates (subject to hydrolysis) is 1. The molecule has 7 N–H and O–H groups in total. The summed E-state index contributed by atoms with van der Waals surface area (Å²) in [6.45, 7) is 4.06. The number of nitrogens with zero attached hydrogens (tertiary/aromatic N) is 4. The van der Waals surface area contributed by atoms with Crippen molar-refractivity contribution in [1.82, 2.24) is 45.4 Å². The Morgan fingerprint density at radius 1 is 0.883 bits per heavy atom. The van der Waals surface area contributed by atoms with Crippen molar-refractivity contribution >= 4 is 45.4 Å². The zero-order valence-corrected chi connectivity index (χ0v) is 34.2. The highest BCUT2D eigenvalue weighted by Gasteiger charge is 2.39. The fraction of sp³-hybridized carbons (Fsp3) is 0.349. The number of carbonyl (C=O) groups is 4. The van der Waals surface area contributed by atoms with Crippen LogP contribution in [0.15, 0.2) is 72.5 Å². The first kappa shape index (κ1) is 40.3.